The maximum atomic E-state index is 2.68. The standard InChI is InChI=1S/C51H37NS/c1-3-17-35(18-4-1)51(36-19-5-2-6-20-36)45-27-13-11-23-40(45)41-31-30-37(33-46(41)51)52(47-28-15-26-44-43-25-12-14-29-49(43)53-50(44)47)48-32-34-16-7-8-21-38(34)39-22-9-10-24-42(39)48/h1-9,11-23,25-29,32-33H,10,24,30-31H2. The molecule has 252 valence electrons. The Hall–Kier alpha value is -5.96. The Labute approximate surface area is 314 Å². The van der Waals surface area contributed by atoms with E-state index in [0.717, 1.165) is 25.7 Å². The van der Waals surface area contributed by atoms with E-state index in [-0.39, 0.29) is 0 Å². The van der Waals surface area contributed by atoms with Gasteiger partial charge in [0.2, 0.25) is 0 Å². The summed E-state index contributed by atoms with van der Waals surface area (Å²) in [5, 5.41) is 5.28. The third kappa shape index (κ3) is 4.49. The molecule has 0 unspecified atom stereocenters. The first kappa shape index (κ1) is 30.6. The molecule has 2 heteroatoms. The molecule has 0 saturated carbocycles. The Balaban J connectivity index is 1.23. The Morgan fingerprint density at radius 3 is 2.09 bits per heavy atom. The van der Waals surface area contributed by atoms with E-state index in [1.54, 1.807) is 0 Å². The van der Waals surface area contributed by atoms with E-state index in [2.05, 4.69) is 181 Å². The summed E-state index contributed by atoms with van der Waals surface area (Å²) in [6, 6.07) is 58.9. The van der Waals surface area contributed by atoms with E-state index in [1.165, 1.54) is 92.5 Å². The summed E-state index contributed by atoms with van der Waals surface area (Å²) < 4.78 is 2.68. The van der Waals surface area contributed by atoms with E-state index < -0.39 is 5.41 Å². The minimum Gasteiger partial charge on any atom is -0.312 e. The molecule has 8 aromatic rings. The quantitative estimate of drug-likeness (QED) is 0.173. The van der Waals surface area contributed by atoms with Crippen LogP contribution in [0.2, 0.25) is 0 Å². The lowest BCUT2D eigenvalue weighted by Crippen LogP contribution is -2.31. The van der Waals surface area contributed by atoms with Crippen molar-refractivity contribution in [3.05, 3.63) is 215 Å². The second-order valence-electron chi connectivity index (χ2n) is 14.6. The highest BCUT2D eigenvalue weighted by molar-refractivity contribution is 7.26. The van der Waals surface area contributed by atoms with Crippen LogP contribution in [0.1, 0.15) is 52.6 Å². The van der Waals surface area contributed by atoms with Crippen molar-refractivity contribution >= 4 is 65.3 Å². The molecule has 0 bridgehead atoms. The SMILES string of the molecule is C1=Cc2c(c(N(C3=CC4=C(CC3)c3ccccc3C4(c3ccccc3)c3ccccc3)c3cccc4c3sc3ccccc34)cc3ccccc23)CC1. The van der Waals surface area contributed by atoms with Crippen LogP contribution in [0.25, 0.3) is 42.6 Å². The van der Waals surface area contributed by atoms with Crippen LogP contribution in [0.15, 0.2) is 181 Å². The summed E-state index contributed by atoms with van der Waals surface area (Å²) in [6.45, 7) is 0. The highest BCUT2D eigenvalue weighted by atomic mass is 32.1. The lowest BCUT2D eigenvalue weighted by atomic mass is 9.66. The van der Waals surface area contributed by atoms with Crippen molar-refractivity contribution in [3.63, 3.8) is 0 Å². The van der Waals surface area contributed by atoms with Gasteiger partial charge in [0.05, 0.1) is 21.5 Å². The minimum atomic E-state index is -0.430. The number of rotatable bonds is 5. The number of thiophene rings is 1. The Morgan fingerprint density at radius 2 is 1.26 bits per heavy atom. The number of benzene rings is 7. The fourth-order valence-corrected chi connectivity index (χ4v) is 10.9. The lowest BCUT2D eigenvalue weighted by Gasteiger charge is -2.38. The number of hydrogen-bond acceptors (Lipinski definition) is 2. The molecule has 11 rings (SSSR count). The normalized spacial score (nSPS) is 15.7. The topological polar surface area (TPSA) is 3.24 Å². The Kier molecular flexibility index (Phi) is 6.97. The first-order valence-corrected chi connectivity index (χ1v) is 19.7. The van der Waals surface area contributed by atoms with Gasteiger partial charge in [-0.2, -0.15) is 0 Å². The van der Waals surface area contributed by atoms with Gasteiger partial charge in [0, 0.05) is 21.2 Å². The van der Waals surface area contributed by atoms with Gasteiger partial charge in [-0.1, -0.05) is 152 Å². The van der Waals surface area contributed by atoms with Gasteiger partial charge in [-0.05, 0) is 105 Å². The molecule has 53 heavy (non-hydrogen) atoms. The molecule has 0 aliphatic heterocycles. The van der Waals surface area contributed by atoms with Crippen molar-refractivity contribution in [2.45, 2.75) is 31.1 Å². The molecule has 3 aliphatic carbocycles. The maximum Gasteiger partial charge on any atom is 0.0710 e. The summed E-state index contributed by atoms with van der Waals surface area (Å²) in [5.74, 6) is 0. The second-order valence-corrected chi connectivity index (χ2v) is 15.6. The number of allylic oxidation sites excluding steroid dienone is 5. The summed E-state index contributed by atoms with van der Waals surface area (Å²) in [7, 11) is 0. The largest absolute Gasteiger partial charge is 0.312 e. The molecule has 0 radical (unpaired) electrons. The van der Waals surface area contributed by atoms with Gasteiger partial charge in [0.15, 0.2) is 0 Å². The molecular weight excluding hydrogens is 659 g/mol. The predicted octanol–water partition coefficient (Wildman–Crippen LogP) is 13.8. The van der Waals surface area contributed by atoms with E-state index in [4.69, 9.17) is 0 Å². The van der Waals surface area contributed by atoms with Crippen molar-refractivity contribution < 1.29 is 0 Å². The van der Waals surface area contributed by atoms with Crippen molar-refractivity contribution in [1.29, 1.82) is 0 Å². The highest BCUT2D eigenvalue weighted by Crippen LogP contribution is 2.59. The van der Waals surface area contributed by atoms with Crippen LogP contribution in [-0.2, 0) is 11.8 Å². The van der Waals surface area contributed by atoms with Crippen molar-refractivity contribution in [1.82, 2.24) is 0 Å². The van der Waals surface area contributed by atoms with Crippen LogP contribution in [0, 0.1) is 0 Å². The Bertz CT molecular complexity index is 2790. The fraction of sp³-hybridized carbons (Fsp3) is 0.0980. The Morgan fingerprint density at radius 1 is 0.566 bits per heavy atom. The molecule has 0 fully saturated rings. The zero-order valence-corrected chi connectivity index (χ0v) is 30.2. The van der Waals surface area contributed by atoms with Gasteiger partial charge in [-0.15, -0.1) is 11.3 Å². The number of nitrogens with zero attached hydrogens (tertiary/aromatic N) is 1. The number of anilines is 2. The molecule has 0 N–H and O–H groups in total. The van der Waals surface area contributed by atoms with Crippen LogP contribution in [0.5, 0.6) is 0 Å². The van der Waals surface area contributed by atoms with Crippen LogP contribution in [0.4, 0.5) is 11.4 Å². The van der Waals surface area contributed by atoms with Crippen molar-refractivity contribution in [2.75, 3.05) is 4.90 Å². The molecule has 7 aromatic carbocycles. The van der Waals surface area contributed by atoms with Crippen LogP contribution < -0.4 is 4.90 Å². The number of fused-ring (bicyclic) bond motifs is 8. The molecular formula is C51H37NS. The van der Waals surface area contributed by atoms with Gasteiger partial charge in [0.1, 0.15) is 0 Å². The molecule has 0 spiro atoms. The second kappa shape index (κ2) is 12.0. The molecule has 0 amide bonds. The van der Waals surface area contributed by atoms with Crippen LogP contribution in [0.3, 0.4) is 0 Å². The summed E-state index contributed by atoms with van der Waals surface area (Å²) in [6.07, 6.45) is 11.3. The van der Waals surface area contributed by atoms with E-state index in [1.807, 2.05) is 11.3 Å². The van der Waals surface area contributed by atoms with E-state index >= 15 is 0 Å². The zero-order chi connectivity index (χ0) is 34.9. The first-order valence-electron chi connectivity index (χ1n) is 18.9. The molecule has 3 aliphatic rings. The van der Waals surface area contributed by atoms with Crippen molar-refractivity contribution in [3.8, 4) is 0 Å². The van der Waals surface area contributed by atoms with Gasteiger partial charge in [-0.25, -0.2) is 0 Å². The highest BCUT2D eigenvalue weighted by Gasteiger charge is 2.48. The third-order valence-electron chi connectivity index (χ3n) is 11.9. The van der Waals surface area contributed by atoms with Crippen LogP contribution >= 0.6 is 11.3 Å². The smallest absolute Gasteiger partial charge is 0.0710 e. The fourth-order valence-electron chi connectivity index (χ4n) is 9.72. The van der Waals surface area contributed by atoms with Gasteiger partial charge >= 0.3 is 0 Å². The molecule has 0 atom stereocenters. The minimum absolute atomic E-state index is 0.430. The predicted molar refractivity (Wildman–Crippen MR) is 226 cm³/mol. The van der Waals surface area contributed by atoms with E-state index in [0.29, 0.717) is 0 Å². The average molecular weight is 696 g/mol. The molecule has 1 heterocycles. The first-order chi connectivity index (χ1) is 26.3. The molecule has 0 saturated heterocycles. The monoisotopic (exact) mass is 695 g/mol. The van der Waals surface area contributed by atoms with Crippen LogP contribution in [-0.4, -0.2) is 0 Å². The van der Waals surface area contributed by atoms with Gasteiger partial charge in [-0.3, -0.25) is 0 Å². The number of hydrogen-bond donors (Lipinski definition) is 0. The third-order valence-corrected chi connectivity index (χ3v) is 13.1. The summed E-state index contributed by atoms with van der Waals surface area (Å²) in [5.41, 5.74) is 14.6. The molecule has 1 aromatic heterocycles. The molecule has 1 nitrogen and oxygen atoms in total. The summed E-state index contributed by atoms with van der Waals surface area (Å²) >= 11 is 1.92. The van der Waals surface area contributed by atoms with Gasteiger partial charge in [0.25, 0.3) is 0 Å². The average Bonchev–Trinajstić information content (AvgIpc) is 3.76. The summed E-state index contributed by atoms with van der Waals surface area (Å²) in [4.78, 5) is 2.68. The zero-order valence-electron chi connectivity index (χ0n) is 29.4. The van der Waals surface area contributed by atoms with E-state index in [9.17, 15) is 0 Å². The maximum absolute atomic E-state index is 2.68. The lowest BCUT2D eigenvalue weighted by molar-refractivity contribution is 0.750. The van der Waals surface area contributed by atoms with Gasteiger partial charge < -0.3 is 4.90 Å². The van der Waals surface area contributed by atoms with Crippen molar-refractivity contribution in [2.24, 2.45) is 0 Å².